The molecule has 1 unspecified atom stereocenters. The molecule has 0 amide bonds. The van der Waals surface area contributed by atoms with Gasteiger partial charge in [-0.3, -0.25) is 0 Å². The summed E-state index contributed by atoms with van der Waals surface area (Å²) in [5.74, 6) is 0.518. The van der Waals surface area contributed by atoms with Crippen molar-refractivity contribution in [2.24, 2.45) is 0 Å². The smallest absolute Gasteiger partial charge is 0.411 e. The highest BCUT2D eigenvalue weighted by molar-refractivity contribution is 9.10. The van der Waals surface area contributed by atoms with Crippen LogP contribution < -0.4 is 5.32 Å². The number of hydrogen-bond acceptors (Lipinski definition) is 3. The Balaban J connectivity index is 2.48. The van der Waals surface area contributed by atoms with E-state index < -0.39 is 18.8 Å². The molecule has 1 aromatic heterocycles. The zero-order chi connectivity index (χ0) is 12.2. The standard InChI is InChI=1S/C9H11BrF3NO2/c1-14-7(4-15-5-9(11,12)13)8-6(10)2-3-16-8/h2-3,7,14H,4-5H2,1H3. The van der Waals surface area contributed by atoms with Gasteiger partial charge in [-0.15, -0.1) is 0 Å². The van der Waals surface area contributed by atoms with Gasteiger partial charge in [0, 0.05) is 0 Å². The second kappa shape index (κ2) is 5.70. The van der Waals surface area contributed by atoms with Crippen LogP contribution in [0.15, 0.2) is 21.2 Å². The van der Waals surface area contributed by atoms with E-state index in [9.17, 15) is 13.2 Å². The molecule has 1 atom stereocenters. The summed E-state index contributed by atoms with van der Waals surface area (Å²) < 4.78 is 45.9. The number of likely N-dealkylation sites (N-methyl/N-ethyl adjacent to an activating group) is 1. The molecule has 1 rings (SSSR count). The molecular formula is C9H11BrF3NO2. The van der Waals surface area contributed by atoms with Crippen LogP contribution in [0.2, 0.25) is 0 Å². The van der Waals surface area contributed by atoms with Crippen LogP contribution in [0.5, 0.6) is 0 Å². The SMILES string of the molecule is CNC(COCC(F)(F)F)c1occc1Br. The van der Waals surface area contributed by atoms with Crippen molar-refractivity contribution >= 4 is 15.9 Å². The summed E-state index contributed by atoms with van der Waals surface area (Å²) >= 11 is 3.23. The highest BCUT2D eigenvalue weighted by atomic mass is 79.9. The molecular weight excluding hydrogens is 291 g/mol. The van der Waals surface area contributed by atoms with Crippen LogP contribution in [-0.4, -0.2) is 26.4 Å². The first-order chi connectivity index (χ1) is 7.44. The zero-order valence-corrected chi connectivity index (χ0v) is 10.1. The van der Waals surface area contributed by atoms with Crippen LogP contribution >= 0.6 is 15.9 Å². The van der Waals surface area contributed by atoms with E-state index >= 15 is 0 Å². The summed E-state index contributed by atoms with van der Waals surface area (Å²) in [7, 11) is 1.62. The van der Waals surface area contributed by atoms with Crippen molar-refractivity contribution in [1.82, 2.24) is 5.32 Å². The lowest BCUT2D eigenvalue weighted by Crippen LogP contribution is -2.25. The number of alkyl halides is 3. The fourth-order valence-electron chi connectivity index (χ4n) is 1.14. The summed E-state index contributed by atoms with van der Waals surface area (Å²) in [6, 6.07) is 1.26. The topological polar surface area (TPSA) is 34.4 Å². The van der Waals surface area contributed by atoms with Crippen LogP contribution in [0.4, 0.5) is 13.2 Å². The number of ether oxygens (including phenoxy) is 1. The number of halogens is 4. The highest BCUT2D eigenvalue weighted by Crippen LogP contribution is 2.25. The van der Waals surface area contributed by atoms with E-state index in [4.69, 9.17) is 4.42 Å². The molecule has 0 bridgehead atoms. The average molecular weight is 302 g/mol. The van der Waals surface area contributed by atoms with Gasteiger partial charge in [-0.1, -0.05) is 0 Å². The molecule has 7 heteroatoms. The predicted octanol–water partition coefficient (Wildman–Crippen LogP) is 2.88. The van der Waals surface area contributed by atoms with Crippen molar-refractivity contribution in [2.45, 2.75) is 12.2 Å². The molecule has 0 aliphatic carbocycles. The monoisotopic (exact) mass is 301 g/mol. The number of rotatable bonds is 5. The first-order valence-electron chi connectivity index (χ1n) is 4.48. The van der Waals surface area contributed by atoms with Gasteiger partial charge in [0.25, 0.3) is 0 Å². The van der Waals surface area contributed by atoms with Crippen LogP contribution in [0.1, 0.15) is 11.8 Å². The van der Waals surface area contributed by atoms with Crippen molar-refractivity contribution in [3.05, 3.63) is 22.6 Å². The molecule has 0 spiro atoms. The Morgan fingerprint density at radius 3 is 2.69 bits per heavy atom. The van der Waals surface area contributed by atoms with Gasteiger partial charge in [0.15, 0.2) is 0 Å². The Bertz CT molecular complexity index is 327. The van der Waals surface area contributed by atoms with E-state index in [1.165, 1.54) is 6.26 Å². The molecule has 0 aliphatic rings. The first-order valence-corrected chi connectivity index (χ1v) is 5.28. The lowest BCUT2D eigenvalue weighted by atomic mass is 10.2. The summed E-state index contributed by atoms with van der Waals surface area (Å²) in [5.41, 5.74) is 0. The molecule has 1 heterocycles. The third-order valence-electron chi connectivity index (χ3n) is 1.86. The lowest BCUT2D eigenvalue weighted by Gasteiger charge is -2.15. The minimum absolute atomic E-state index is 0.109. The Morgan fingerprint density at radius 1 is 1.56 bits per heavy atom. The van der Waals surface area contributed by atoms with Gasteiger partial charge in [-0.2, -0.15) is 13.2 Å². The fraction of sp³-hybridized carbons (Fsp3) is 0.556. The van der Waals surface area contributed by atoms with Crippen LogP contribution in [0.3, 0.4) is 0 Å². The van der Waals surface area contributed by atoms with Gasteiger partial charge in [0.2, 0.25) is 0 Å². The van der Waals surface area contributed by atoms with Crippen LogP contribution in [-0.2, 0) is 4.74 Å². The van der Waals surface area contributed by atoms with Crippen LogP contribution in [0.25, 0.3) is 0 Å². The quantitative estimate of drug-likeness (QED) is 0.908. The Morgan fingerprint density at radius 2 is 2.25 bits per heavy atom. The maximum Gasteiger partial charge on any atom is 0.411 e. The van der Waals surface area contributed by atoms with E-state index in [1.54, 1.807) is 13.1 Å². The third-order valence-corrected chi connectivity index (χ3v) is 2.52. The molecule has 0 fully saturated rings. The van der Waals surface area contributed by atoms with Gasteiger partial charge >= 0.3 is 6.18 Å². The third kappa shape index (κ3) is 4.15. The van der Waals surface area contributed by atoms with Gasteiger partial charge in [-0.25, -0.2) is 0 Å². The lowest BCUT2D eigenvalue weighted by molar-refractivity contribution is -0.175. The fourth-order valence-corrected chi connectivity index (χ4v) is 1.61. The molecule has 0 saturated heterocycles. The van der Waals surface area contributed by atoms with Gasteiger partial charge < -0.3 is 14.5 Å². The van der Waals surface area contributed by atoms with Gasteiger partial charge in [-0.05, 0) is 29.0 Å². The van der Waals surface area contributed by atoms with E-state index in [-0.39, 0.29) is 6.61 Å². The molecule has 1 aromatic rings. The van der Waals surface area contributed by atoms with Gasteiger partial charge in [0.05, 0.1) is 23.4 Å². The zero-order valence-electron chi connectivity index (χ0n) is 8.47. The molecule has 0 saturated carbocycles. The maximum absolute atomic E-state index is 11.9. The number of hydrogen-bond donors (Lipinski definition) is 1. The molecule has 0 aromatic carbocycles. The Kier molecular flexibility index (Phi) is 4.82. The van der Waals surface area contributed by atoms with Crippen molar-refractivity contribution in [1.29, 1.82) is 0 Å². The predicted molar refractivity (Wildman–Crippen MR) is 55.1 cm³/mol. The Hall–Kier alpha value is -0.530. The second-order valence-electron chi connectivity index (χ2n) is 3.10. The maximum atomic E-state index is 11.9. The van der Waals surface area contributed by atoms with Crippen molar-refractivity contribution in [3.8, 4) is 0 Å². The Labute approximate surface area is 99.1 Å². The van der Waals surface area contributed by atoms with Crippen molar-refractivity contribution in [2.75, 3.05) is 20.3 Å². The molecule has 16 heavy (non-hydrogen) atoms. The molecule has 92 valence electrons. The minimum Gasteiger partial charge on any atom is -0.466 e. The summed E-state index contributed by atoms with van der Waals surface area (Å²) in [6.45, 7) is -1.37. The largest absolute Gasteiger partial charge is 0.466 e. The molecule has 1 N–H and O–H groups in total. The summed E-state index contributed by atoms with van der Waals surface area (Å²) in [5, 5.41) is 2.82. The summed E-state index contributed by atoms with van der Waals surface area (Å²) in [6.07, 6.45) is -2.85. The number of nitrogens with one attached hydrogen (secondary N) is 1. The van der Waals surface area contributed by atoms with Gasteiger partial charge in [0.1, 0.15) is 12.4 Å². The average Bonchev–Trinajstić information content (AvgIpc) is 2.58. The molecule has 0 radical (unpaired) electrons. The normalized spacial score (nSPS) is 14.1. The van der Waals surface area contributed by atoms with E-state index in [1.807, 2.05) is 0 Å². The molecule has 0 aliphatic heterocycles. The van der Waals surface area contributed by atoms with Crippen molar-refractivity contribution in [3.63, 3.8) is 0 Å². The molecule has 3 nitrogen and oxygen atoms in total. The minimum atomic E-state index is -4.31. The second-order valence-corrected chi connectivity index (χ2v) is 3.96. The number of furan rings is 1. The van der Waals surface area contributed by atoms with E-state index in [0.29, 0.717) is 10.2 Å². The highest BCUT2D eigenvalue weighted by Gasteiger charge is 2.28. The van der Waals surface area contributed by atoms with E-state index in [0.717, 1.165) is 0 Å². The first kappa shape index (κ1) is 13.5. The van der Waals surface area contributed by atoms with Crippen molar-refractivity contribution < 1.29 is 22.3 Å². The van der Waals surface area contributed by atoms with Crippen LogP contribution in [0, 0.1) is 0 Å². The summed E-state index contributed by atoms with van der Waals surface area (Å²) in [4.78, 5) is 0. The van der Waals surface area contributed by atoms with E-state index in [2.05, 4.69) is 26.0 Å².